The largest absolute Gasteiger partial charge is 0.477 e. The molecule has 1 saturated heterocycles. The summed E-state index contributed by atoms with van der Waals surface area (Å²) in [5, 5.41) is 3.11. The lowest BCUT2D eigenvalue weighted by Crippen LogP contribution is -2.22. The second-order valence-electron chi connectivity index (χ2n) is 2.74. The lowest BCUT2D eigenvalue weighted by atomic mass is 10.1. The minimum atomic E-state index is 0.394. The molecule has 0 aromatic rings. The Morgan fingerprint density at radius 2 is 2.60 bits per heavy atom. The number of ether oxygens (including phenoxy) is 1. The van der Waals surface area contributed by atoms with E-state index in [9.17, 15) is 0 Å². The van der Waals surface area contributed by atoms with Gasteiger partial charge in [0.15, 0.2) is 5.88 Å². The third kappa shape index (κ3) is 1.79. The average Bonchev–Trinajstić information content (AvgIpc) is 2.13. The van der Waals surface area contributed by atoms with Gasteiger partial charge in [0.25, 0.3) is 0 Å². The summed E-state index contributed by atoms with van der Waals surface area (Å²) in [5.74, 6) is 0.686. The fourth-order valence-electron chi connectivity index (χ4n) is 1.04. The highest BCUT2D eigenvalue weighted by molar-refractivity contribution is 4.99. The predicted octanol–water partition coefficient (Wildman–Crippen LogP) is 1.41. The molecule has 2 nitrogen and oxygen atoms in total. The fraction of sp³-hybridized carbons (Fsp3) is 0.500. The van der Waals surface area contributed by atoms with E-state index in [1.165, 1.54) is 5.57 Å². The van der Waals surface area contributed by atoms with Crippen LogP contribution in [0.4, 0.5) is 0 Å². The van der Waals surface area contributed by atoms with Crippen molar-refractivity contribution in [1.29, 1.82) is 0 Å². The number of hydrogen-bond donors (Lipinski definition) is 1. The summed E-state index contributed by atoms with van der Waals surface area (Å²) < 4.78 is 5.12. The van der Waals surface area contributed by atoms with E-state index in [0.717, 1.165) is 13.0 Å². The lowest BCUT2D eigenvalue weighted by molar-refractivity contribution is 0.255. The van der Waals surface area contributed by atoms with Crippen LogP contribution in [0.2, 0.25) is 0 Å². The van der Waals surface area contributed by atoms with Crippen LogP contribution in [0.25, 0.3) is 0 Å². The quantitative estimate of drug-likeness (QED) is 0.584. The Balaban J connectivity index is 2.31. The van der Waals surface area contributed by atoms with Gasteiger partial charge < -0.3 is 10.1 Å². The van der Waals surface area contributed by atoms with Gasteiger partial charge in [-0.25, -0.2) is 0 Å². The van der Waals surface area contributed by atoms with E-state index in [1.54, 1.807) is 0 Å². The standard InChI is InChI=1S/C8H13NO/c1-6(2)4-8-5-10-7(3)9-8/h8-9H,1,3-5H2,2H3/t8-/m0/s1. The van der Waals surface area contributed by atoms with Gasteiger partial charge in [0.05, 0.1) is 6.04 Å². The Morgan fingerprint density at radius 3 is 3.00 bits per heavy atom. The van der Waals surface area contributed by atoms with Gasteiger partial charge in [0.2, 0.25) is 0 Å². The van der Waals surface area contributed by atoms with Crippen molar-refractivity contribution in [2.75, 3.05) is 6.61 Å². The minimum Gasteiger partial charge on any atom is -0.477 e. The zero-order valence-electron chi connectivity index (χ0n) is 6.31. The van der Waals surface area contributed by atoms with Crippen LogP contribution in [0.15, 0.2) is 24.6 Å². The van der Waals surface area contributed by atoms with Crippen molar-refractivity contribution in [3.8, 4) is 0 Å². The monoisotopic (exact) mass is 139 g/mol. The molecule has 0 unspecified atom stereocenters. The van der Waals surface area contributed by atoms with Crippen LogP contribution >= 0.6 is 0 Å². The highest BCUT2D eigenvalue weighted by Crippen LogP contribution is 2.10. The molecule has 1 fully saturated rings. The van der Waals surface area contributed by atoms with Crippen LogP contribution in [-0.4, -0.2) is 12.6 Å². The summed E-state index contributed by atoms with van der Waals surface area (Å²) in [5.41, 5.74) is 1.18. The summed E-state index contributed by atoms with van der Waals surface area (Å²) in [6.45, 7) is 10.2. The Labute approximate surface area is 61.6 Å². The predicted molar refractivity (Wildman–Crippen MR) is 41.4 cm³/mol. The summed E-state index contributed by atoms with van der Waals surface area (Å²) in [7, 11) is 0. The molecule has 1 aliphatic heterocycles. The molecule has 0 aromatic carbocycles. The highest BCUT2D eigenvalue weighted by Gasteiger charge is 2.16. The third-order valence-electron chi connectivity index (χ3n) is 1.42. The first-order valence-corrected chi connectivity index (χ1v) is 3.41. The van der Waals surface area contributed by atoms with E-state index in [0.29, 0.717) is 11.9 Å². The Hall–Kier alpha value is -0.920. The van der Waals surface area contributed by atoms with Gasteiger partial charge in [0.1, 0.15) is 6.61 Å². The molecule has 1 aliphatic rings. The van der Waals surface area contributed by atoms with Crippen LogP contribution < -0.4 is 5.32 Å². The molecule has 56 valence electrons. The van der Waals surface area contributed by atoms with Crippen molar-refractivity contribution in [2.45, 2.75) is 19.4 Å². The van der Waals surface area contributed by atoms with Gasteiger partial charge in [-0.1, -0.05) is 5.57 Å². The molecule has 1 rings (SSSR count). The maximum absolute atomic E-state index is 5.12. The van der Waals surface area contributed by atoms with Gasteiger partial charge in [-0.15, -0.1) is 6.58 Å². The lowest BCUT2D eigenvalue weighted by Gasteiger charge is -2.05. The summed E-state index contributed by atoms with van der Waals surface area (Å²) in [4.78, 5) is 0. The van der Waals surface area contributed by atoms with Crippen molar-refractivity contribution in [3.63, 3.8) is 0 Å². The van der Waals surface area contributed by atoms with Crippen molar-refractivity contribution in [3.05, 3.63) is 24.6 Å². The van der Waals surface area contributed by atoms with E-state index in [-0.39, 0.29) is 0 Å². The SMILES string of the molecule is C=C(C)C[C@H]1COC(=C)N1. The molecule has 2 heteroatoms. The first-order chi connectivity index (χ1) is 4.68. The van der Waals surface area contributed by atoms with Crippen molar-refractivity contribution in [1.82, 2.24) is 5.32 Å². The van der Waals surface area contributed by atoms with Crippen molar-refractivity contribution in [2.24, 2.45) is 0 Å². The second kappa shape index (κ2) is 2.78. The summed E-state index contributed by atoms with van der Waals surface area (Å²) >= 11 is 0. The average molecular weight is 139 g/mol. The molecule has 0 radical (unpaired) electrons. The Morgan fingerprint density at radius 1 is 1.90 bits per heavy atom. The van der Waals surface area contributed by atoms with E-state index in [4.69, 9.17) is 4.74 Å². The van der Waals surface area contributed by atoms with E-state index in [1.807, 2.05) is 6.92 Å². The Bertz CT molecular complexity index is 163. The van der Waals surface area contributed by atoms with Gasteiger partial charge in [-0.05, 0) is 19.9 Å². The van der Waals surface area contributed by atoms with Crippen LogP contribution in [-0.2, 0) is 4.74 Å². The summed E-state index contributed by atoms with van der Waals surface area (Å²) in [6, 6.07) is 0.394. The molecule has 0 amide bonds. The van der Waals surface area contributed by atoms with E-state index in [2.05, 4.69) is 18.5 Å². The summed E-state index contributed by atoms with van der Waals surface area (Å²) in [6.07, 6.45) is 0.971. The smallest absolute Gasteiger partial charge is 0.179 e. The first kappa shape index (κ1) is 7.19. The van der Waals surface area contributed by atoms with Gasteiger partial charge in [-0.2, -0.15) is 0 Å². The molecule has 0 spiro atoms. The maximum atomic E-state index is 5.12. The molecule has 0 aliphatic carbocycles. The number of rotatable bonds is 2. The van der Waals surface area contributed by atoms with Crippen molar-refractivity contribution >= 4 is 0 Å². The molecule has 1 heterocycles. The van der Waals surface area contributed by atoms with Crippen LogP contribution in [0, 0.1) is 0 Å². The molecule has 1 N–H and O–H groups in total. The second-order valence-corrected chi connectivity index (χ2v) is 2.74. The molecule has 0 bridgehead atoms. The molecule has 0 saturated carbocycles. The number of nitrogens with one attached hydrogen (secondary N) is 1. The minimum absolute atomic E-state index is 0.394. The van der Waals surface area contributed by atoms with Gasteiger partial charge >= 0.3 is 0 Å². The zero-order chi connectivity index (χ0) is 7.56. The van der Waals surface area contributed by atoms with Crippen LogP contribution in [0.5, 0.6) is 0 Å². The molecule has 10 heavy (non-hydrogen) atoms. The van der Waals surface area contributed by atoms with Gasteiger partial charge in [-0.3, -0.25) is 0 Å². The topological polar surface area (TPSA) is 21.3 Å². The molecular weight excluding hydrogens is 126 g/mol. The van der Waals surface area contributed by atoms with E-state index < -0.39 is 0 Å². The Kier molecular flexibility index (Phi) is 2.00. The normalized spacial score (nSPS) is 23.7. The van der Waals surface area contributed by atoms with Crippen molar-refractivity contribution < 1.29 is 4.74 Å². The van der Waals surface area contributed by atoms with Gasteiger partial charge in [0, 0.05) is 0 Å². The fourth-order valence-corrected chi connectivity index (χ4v) is 1.04. The molecule has 1 atom stereocenters. The van der Waals surface area contributed by atoms with Crippen LogP contribution in [0.1, 0.15) is 13.3 Å². The van der Waals surface area contributed by atoms with E-state index >= 15 is 0 Å². The maximum Gasteiger partial charge on any atom is 0.179 e. The zero-order valence-corrected chi connectivity index (χ0v) is 6.31. The molecular formula is C8H13NO. The highest BCUT2D eigenvalue weighted by atomic mass is 16.5. The number of hydrogen-bond acceptors (Lipinski definition) is 2. The van der Waals surface area contributed by atoms with Crippen LogP contribution in [0.3, 0.4) is 0 Å². The molecule has 0 aromatic heterocycles. The first-order valence-electron chi connectivity index (χ1n) is 3.41. The third-order valence-corrected chi connectivity index (χ3v) is 1.42.